The molecule has 2 aromatic rings. The van der Waals surface area contributed by atoms with E-state index in [0.717, 1.165) is 5.33 Å². The van der Waals surface area contributed by atoms with E-state index >= 15 is 0 Å². The Morgan fingerprint density at radius 3 is 2.14 bits per heavy atom. The highest BCUT2D eigenvalue weighted by atomic mass is 79.9. The van der Waals surface area contributed by atoms with Crippen molar-refractivity contribution in [2.45, 2.75) is 49.8 Å². The fraction of sp³-hybridized carbons (Fsp3) is 0.474. The smallest absolute Gasteiger partial charge is 0.00783 e. The highest BCUT2D eigenvalue weighted by Gasteiger charge is 1.97. The van der Waals surface area contributed by atoms with Crippen LogP contribution in [0, 0.1) is 0 Å². The van der Waals surface area contributed by atoms with Crippen LogP contribution < -0.4 is 0 Å². The SMILES string of the molecule is BrCCCCCCCCCSc1ccc2ccccc2c1. The minimum Gasteiger partial charge on any atom is -0.126 e. The molecule has 0 aliphatic rings. The molecule has 0 N–H and O–H groups in total. The molecule has 0 amide bonds. The molecular formula is C19H25BrS. The summed E-state index contributed by atoms with van der Waals surface area (Å²) >= 11 is 5.49. The van der Waals surface area contributed by atoms with Crippen molar-refractivity contribution in [2.24, 2.45) is 0 Å². The van der Waals surface area contributed by atoms with E-state index in [9.17, 15) is 0 Å². The van der Waals surface area contributed by atoms with Crippen LogP contribution in [0.3, 0.4) is 0 Å². The molecule has 114 valence electrons. The molecule has 0 aliphatic heterocycles. The van der Waals surface area contributed by atoms with Gasteiger partial charge in [0.15, 0.2) is 0 Å². The van der Waals surface area contributed by atoms with Gasteiger partial charge in [-0.2, -0.15) is 0 Å². The quantitative estimate of drug-likeness (QED) is 0.247. The average Bonchev–Trinajstić information content (AvgIpc) is 2.53. The molecule has 0 radical (unpaired) electrons. The summed E-state index contributed by atoms with van der Waals surface area (Å²) in [5.74, 6) is 1.25. The summed E-state index contributed by atoms with van der Waals surface area (Å²) in [5.41, 5.74) is 0. The van der Waals surface area contributed by atoms with Gasteiger partial charge in [-0.1, -0.05) is 78.4 Å². The van der Waals surface area contributed by atoms with Crippen LogP contribution in [0.2, 0.25) is 0 Å². The third-order valence-electron chi connectivity index (χ3n) is 3.77. The van der Waals surface area contributed by atoms with Crippen molar-refractivity contribution in [2.75, 3.05) is 11.1 Å². The van der Waals surface area contributed by atoms with Gasteiger partial charge in [0.1, 0.15) is 0 Å². The lowest BCUT2D eigenvalue weighted by atomic mass is 10.1. The standard InChI is InChI=1S/C19H25BrS/c20-14-8-4-2-1-3-5-9-15-21-19-13-12-17-10-6-7-11-18(17)16-19/h6-7,10-13,16H,1-5,8-9,14-15H2. The number of thioether (sulfide) groups is 1. The summed E-state index contributed by atoms with van der Waals surface area (Å²) in [6.07, 6.45) is 9.66. The summed E-state index contributed by atoms with van der Waals surface area (Å²) in [4.78, 5) is 1.41. The molecule has 0 unspecified atom stereocenters. The van der Waals surface area contributed by atoms with Crippen LogP contribution in [-0.2, 0) is 0 Å². The number of alkyl halides is 1. The first-order valence-electron chi connectivity index (χ1n) is 8.08. The number of halogens is 1. The highest BCUT2D eigenvalue weighted by Crippen LogP contribution is 2.24. The summed E-state index contributed by atoms with van der Waals surface area (Å²) in [6, 6.07) is 15.4. The Morgan fingerprint density at radius 2 is 1.38 bits per heavy atom. The lowest BCUT2D eigenvalue weighted by Gasteiger charge is -2.04. The first-order valence-corrected chi connectivity index (χ1v) is 10.2. The molecule has 21 heavy (non-hydrogen) atoms. The lowest BCUT2D eigenvalue weighted by molar-refractivity contribution is 0.606. The zero-order chi connectivity index (χ0) is 14.8. The molecule has 0 aliphatic carbocycles. The van der Waals surface area contributed by atoms with Gasteiger partial charge in [0.05, 0.1) is 0 Å². The van der Waals surface area contributed by atoms with E-state index in [1.807, 2.05) is 11.8 Å². The molecule has 2 aromatic carbocycles. The average molecular weight is 365 g/mol. The zero-order valence-corrected chi connectivity index (χ0v) is 15.1. The van der Waals surface area contributed by atoms with Gasteiger partial charge in [-0.3, -0.25) is 0 Å². The number of hydrogen-bond acceptors (Lipinski definition) is 1. The predicted octanol–water partition coefficient (Wildman–Crippen LogP) is 7.06. The van der Waals surface area contributed by atoms with E-state index < -0.39 is 0 Å². The van der Waals surface area contributed by atoms with Crippen molar-refractivity contribution < 1.29 is 0 Å². The molecule has 0 saturated heterocycles. The van der Waals surface area contributed by atoms with Crippen molar-refractivity contribution in [1.82, 2.24) is 0 Å². The Bertz CT molecular complexity index is 524. The van der Waals surface area contributed by atoms with Crippen LogP contribution >= 0.6 is 27.7 Å². The fourth-order valence-electron chi connectivity index (χ4n) is 2.53. The number of hydrogen-bond donors (Lipinski definition) is 0. The first-order chi connectivity index (χ1) is 10.4. The second-order valence-electron chi connectivity index (χ2n) is 5.52. The number of unbranched alkanes of at least 4 members (excludes halogenated alkanes) is 6. The van der Waals surface area contributed by atoms with Crippen LogP contribution in [-0.4, -0.2) is 11.1 Å². The molecule has 0 nitrogen and oxygen atoms in total. The third-order valence-corrected chi connectivity index (χ3v) is 5.41. The van der Waals surface area contributed by atoms with E-state index in [0.29, 0.717) is 0 Å². The predicted molar refractivity (Wildman–Crippen MR) is 101 cm³/mol. The molecule has 0 atom stereocenters. The zero-order valence-electron chi connectivity index (χ0n) is 12.7. The largest absolute Gasteiger partial charge is 0.126 e. The van der Waals surface area contributed by atoms with Crippen LogP contribution in [0.25, 0.3) is 10.8 Å². The van der Waals surface area contributed by atoms with Crippen LogP contribution in [0.1, 0.15) is 44.9 Å². The maximum atomic E-state index is 3.49. The lowest BCUT2D eigenvalue weighted by Crippen LogP contribution is -1.84. The van der Waals surface area contributed by atoms with Crippen LogP contribution in [0.5, 0.6) is 0 Å². The molecule has 0 saturated carbocycles. The van der Waals surface area contributed by atoms with Gasteiger partial charge < -0.3 is 0 Å². The van der Waals surface area contributed by atoms with Gasteiger partial charge in [0, 0.05) is 10.2 Å². The topological polar surface area (TPSA) is 0 Å². The molecule has 0 fully saturated rings. The minimum atomic E-state index is 1.16. The number of rotatable bonds is 10. The van der Waals surface area contributed by atoms with Crippen molar-refractivity contribution in [3.63, 3.8) is 0 Å². The van der Waals surface area contributed by atoms with Gasteiger partial charge in [0.2, 0.25) is 0 Å². The molecule has 0 heterocycles. The van der Waals surface area contributed by atoms with E-state index in [1.165, 1.54) is 66.4 Å². The second kappa shape index (κ2) is 10.3. The molecule has 2 rings (SSSR count). The van der Waals surface area contributed by atoms with E-state index in [1.54, 1.807) is 0 Å². The van der Waals surface area contributed by atoms with Crippen LogP contribution in [0.4, 0.5) is 0 Å². The van der Waals surface area contributed by atoms with Gasteiger partial charge in [-0.05, 0) is 41.5 Å². The van der Waals surface area contributed by atoms with E-state index in [-0.39, 0.29) is 0 Å². The Labute approximate surface area is 141 Å². The van der Waals surface area contributed by atoms with Gasteiger partial charge in [-0.25, -0.2) is 0 Å². The molecule has 0 aromatic heterocycles. The Balaban J connectivity index is 1.59. The Morgan fingerprint density at radius 1 is 0.714 bits per heavy atom. The minimum absolute atomic E-state index is 1.16. The summed E-state index contributed by atoms with van der Waals surface area (Å²) < 4.78 is 0. The Kier molecular flexibility index (Phi) is 8.28. The first kappa shape index (κ1) is 16.9. The summed E-state index contributed by atoms with van der Waals surface area (Å²) in [7, 11) is 0. The van der Waals surface area contributed by atoms with Crippen molar-refractivity contribution in [1.29, 1.82) is 0 Å². The monoisotopic (exact) mass is 364 g/mol. The van der Waals surface area contributed by atoms with Crippen LogP contribution in [0.15, 0.2) is 47.4 Å². The maximum absolute atomic E-state index is 3.49. The highest BCUT2D eigenvalue weighted by molar-refractivity contribution is 9.09. The maximum Gasteiger partial charge on any atom is 0.00783 e. The second-order valence-corrected chi connectivity index (χ2v) is 7.48. The number of benzene rings is 2. The molecule has 0 spiro atoms. The normalized spacial score (nSPS) is 11.1. The summed E-state index contributed by atoms with van der Waals surface area (Å²) in [6.45, 7) is 0. The van der Waals surface area contributed by atoms with Gasteiger partial charge in [-0.15, -0.1) is 11.8 Å². The van der Waals surface area contributed by atoms with Gasteiger partial charge >= 0.3 is 0 Å². The Hall–Kier alpha value is -0.470. The van der Waals surface area contributed by atoms with Crippen molar-refractivity contribution in [3.8, 4) is 0 Å². The fourth-order valence-corrected chi connectivity index (χ4v) is 3.88. The summed E-state index contributed by atoms with van der Waals surface area (Å²) in [5, 5.41) is 3.86. The van der Waals surface area contributed by atoms with Gasteiger partial charge in [0.25, 0.3) is 0 Å². The third kappa shape index (κ3) is 6.44. The van der Waals surface area contributed by atoms with Crippen molar-refractivity contribution >= 4 is 38.5 Å². The van der Waals surface area contributed by atoms with E-state index in [4.69, 9.17) is 0 Å². The van der Waals surface area contributed by atoms with Crippen molar-refractivity contribution in [3.05, 3.63) is 42.5 Å². The van der Waals surface area contributed by atoms with E-state index in [2.05, 4.69) is 58.4 Å². The molecular weight excluding hydrogens is 340 g/mol. The molecule has 0 bridgehead atoms. The number of fused-ring (bicyclic) bond motifs is 1. The molecule has 2 heteroatoms.